The molecule has 2 aromatic carbocycles. The van der Waals surface area contributed by atoms with E-state index in [1.807, 2.05) is 24.3 Å². The Hall–Kier alpha value is -2.45. The summed E-state index contributed by atoms with van der Waals surface area (Å²) in [6, 6.07) is 14.0. The second kappa shape index (κ2) is 8.77. The van der Waals surface area contributed by atoms with Gasteiger partial charge < -0.3 is 10.1 Å². The molecule has 0 bridgehead atoms. The zero-order chi connectivity index (χ0) is 18.4. The van der Waals surface area contributed by atoms with Crippen molar-refractivity contribution in [2.45, 2.75) is 16.5 Å². The Balaban J connectivity index is 1.54. The summed E-state index contributed by atoms with van der Waals surface area (Å²) in [7, 11) is 1.58. The summed E-state index contributed by atoms with van der Waals surface area (Å²) in [6.45, 7) is 0. The summed E-state index contributed by atoms with van der Waals surface area (Å²) in [5, 5.41) is 11.1. The summed E-state index contributed by atoms with van der Waals surface area (Å²) in [5.74, 6) is 0.744. The number of hydrogen-bond acceptors (Lipinski definition) is 6. The number of aromatic nitrogens is 2. The van der Waals surface area contributed by atoms with Crippen LogP contribution < -0.4 is 10.1 Å². The van der Waals surface area contributed by atoms with Crippen molar-refractivity contribution in [2.24, 2.45) is 0 Å². The molecule has 134 valence electrons. The Kier molecular flexibility index (Phi) is 6.19. The average molecular weight is 389 g/mol. The number of carbonyl (C=O) groups excluding carboxylic acids is 1. The van der Waals surface area contributed by atoms with Gasteiger partial charge in [0, 0.05) is 5.75 Å². The maximum absolute atomic E-state index is 13.6. The number of ether oxygens (including phenoxy) is 1. The van der Waals surface area contributed by atoms with Gasteiger partial charge in [0.15, 0.2) is 4.34 Å². The maximum Gasteiger partial charge on any atom is 0.230 e. The normalized spacial score (nSPS) is 10.5. The molecule has 3 rings (SSSR count). The van der Waals surface area contributed by atoms with Crippen LogP contribution in [0, 0.1) is 5.82 Å². The summed E-state index contributed by atoms with van der Waals surface area (Å²) in [5.41, 5.74) is 1.46. The average Bonchev–Trinajstić information content (AvgIpc) is 3.08. The van der Waals surface area contributed by atoms with E-state index in [-0.39, 0.29) is 18.1 Å². The Morgan fingerprint density at radius 3 is 2.88 bits per heavy atom. The van der Waals surface area contributed by atoms with Crippen LogP contribution in [0.4, 0.5) is 9.52 Å². The Bertz CT molecular complexity index is 901. The lowest BCUT2D eigenvalue weighted by Crippen LogP contribution is -2.14. The molecule has 0 aliphatic carbocycles. The van der Waals surface area contributed by atoms with Gasteiger partial charge in [-0.2, -0.15) is 0 Å². The monoisotopic (exact) mass is 389 g/mol. The van der Waals surface area contributed by atoms with Gasteiger partial charge in [0.1, 0.15) is 11.6 Å². The van der Waals surface area contributed by atoms with E-state index in [0.29, 0.717) is 26.5 Å². The first-order valence-electron chi connectivity index (χ1n) is 7.76. The summed E-state index contributed by atoms with van der Waals surface area (Å²) in [6.07, 6.45) is 0.217. The Morgan fingerprint density at radius 1 is 1.23 bits per heavy atom. The smallest absolute Gasteiger partial charge is 0.230 e. The number of nitrogens with one attached hydrogen (secondary N) is 1. The molecule has 1 N–H and O–H groups in total. The van der Waals surface area contributed by atoms with Gasteiger partial charge >= 0.3 is 0 Å². The van der Waals surface area contributed by atoms with Gasteiger partial charge in [0.05, 0.1) is 13.5 Å². The molecule has 0 saturated carbocycles. The first-order chi connectivity index (χ1) is 12.6. The standard InChI is InChI=1S/C18H16FN3O2S2/c1-24-14-7-4-5-12(9-14)10-16(23)20-17-21-22-18(26-17)25-11-13-6-2-3-8-15(13)19/h2-9H,10-11H2,1H3,(H,20,21,23). The molecule has 0 fully saturated rings. The lowest BCUT2D eigenvalue weighted by Gasteiger charge is -2.04. The third-order valence-electron chi connectivity index (χ3n) is 3.46. The van der Waals surface area contributed by atoms with Gasteiger partial charge in [-0.25, -0.2) is 4.39 Å². The van der Waals surface area contributed by atoms with Crippen molar-refractivity contribution in [2.75, 3.05) is 12.4 Å². The number of amides is 1. The van der Waals surface area contributed by atoms with Gasteiger partial charge in [0.25, 0.3) is 0 Å². The van der Waals surface area contributed by atoms with Crippen LogP contribution in [0.3, 0.4) is 0 Å². The summed E-state index contributed by atoms with van der Waals surface area (Å²) in [4.78, 5) is 12.1. The van der Waals surface area contributed by atoms with Gasteiger partial charge in [-0.15, -0.1) is 10.2 Å². The molecule has 0 saturated heterocycles. The zero-order valence-corrected chi connectivity index (χ0v) is 15.6. The van der Waals surface area contributed by atoms with Crippen molar-refractivity contribution >= 4 is 34.1 Å². The fourth-order valence-electron chi connectivity index (χ4n) is 2.20. The minimum absolute atomic E-state index is 0.181. The van der Waals surface area contributed by atoms with Crippen LogP contribution in [-0.4, -0.2) is 23.2 Å². The van der Waals surface area contributed by atoms with Crippen molar-refractivity contribution < 1.29 is 13.9 Å². The predicted molar refractivity (Wildman–Crippen MR) is 101 cm³/mol. The first kappa shape index (κ1) is 18.3. The van der Waals surface area contributed by atoms with Crippen LogP contribution in [0.15, 0.2) is 52.9 Å². The molecule has 26 heavy (non-hydrogen) atoms. The summed E-state index contributed by atoms with van der Waals surface area (Å²) < 4.78 is 19.4. The number of benzene rings is 2. The van der Waals surface area contributed by atoms with Crippen molar-refractivity contribution in [3.63, 3.8) is 0 Å². The molecular formula is C18H16FN3O2S2. The molecule has 1 aromatic heterocycles. The highest BCUT2D eigenvalue weighted by atomic mass is 32.2. The fourth-order valence-corrected chi connectivity index (χ4v) is 3.96. The van der Waals surface area contributed by atoms with Gasteiger partial charge in [-0.3, -0.25) is 4.79 Å². The van der Waals surface area contributed by atoms with Crippen LogP contribution in [0.1, 0.15) is 11.1 Å². The van der Waals surface area contributed by atoms with E-state index in [1.54, 1.807) is 25.3 Å². The number of rotatable bonds is 7. The lowest BCUT2D eigenvalue weighted by atomic mass is 10.1. The molecule has 0 spiro atoms. The minimum Gasteiger partial charge on any atom is -0.497 e. The molecule has 1 amide bonds. The van der Waals surface area contributed by atoms with Crippen LogP contribution >= 0.6 is 23.1 Å². The topological polar surface area (TPSA) is 64.1 Å². The highest BCUT2D eigenvalue weighted by Crippen LogP contribution is 2.29. The third-order valence-corrected chi connectivity index (χ3v) is 5.48. The number of anilines is 1. The second-order valence-corrected chi connectivity index (χ2v) is 7.53. The van der Waals surface area contributed by atoms with Crippen molar-refractivity contribution in [3.8, 4) is 5.75 Å². The zero-order valence-electron chi connectivity index (χ0n) is 13.9. The maximum atomic E-state index is 13.6. The molecule has 5 nitrogen and oxygen atoms in total. The van der Waals surface area contributed by atoms with E-state index in [1.165, 1.54) is 29.2 Å². The van der Waals surface area contributed by atoms with Crippen LogP contribution in [0.5, 0.6) is 5.75 Å². The number of nitrogens with zero attached hydrogens (tertiary/aromatic N) is 2. The van der Waals surface area contributed by atoms with Crippen molar-refractivity contribution in [3.05, 3.63) is 65.5 Å². The van der Waals surface area contributed by atoms with Crippen molar-refractivity contribution in [1.29, 1.82) is 0 Å². The molecule has 8 heteroatoms. The van der Waals surface area contributed by atoms with Crippen LogP contribution in [0.2, 0.25) is 0 Å². The highest BCUT2D eigenvalue weighted by Gasteiger charge is 2.11. The molecule has 0 aliphatic rings. The first-order valence-corrected chi connectivity index (χ1v) is 9.57. The van der Waals surface area contributed by atoms with E-state index < -0.39 is 0 Å². The van der Waals surface area contributed by atoms with Crippen molar-refractivity contribution in [1.82, 2.24) is 10.2 Å². The van der Waals surface area contributed by atoms with Gasteiger partial charge in [-0.1, -0.05) is 53.4 Å². The van der Waals surface area contributed by atoms with E-state index >= 15 is 0 Å². The summed E-state index contributed by atoms with van der Waals surface area (Å²) >= 11 is 2.65. The van der Waals surface area contributed by atoms with Crippen LogP contribution in [0.25, 0.3) is 0 Å². The molecule has 0 unspecified atom stereocenters. The quantitative estimate of drug-likeness (QED) is 0.486. The molecule has 0 aliphatic heterocycles. The number of carbonyl (C=O) groups is 1. The van der Waals surface area contributed by atoms with Gasteiger partial charge in [-0.05, 0) is 29.3 Å². The lowest BCUT2D eigenvalue weighted by molar-refractivity contribution is -0.115. The number of hydrogen-bond donors (Lipinski definition) is 1. The number of thioether (sulfide) groups is 1. The molecule has 3 aromatic rings. The predicted octanol–water partition coefficient (Wildman–Crippen LogP) is 4.16. The molecular weight excluding hydrogens is 373 g/mol. The fraction of sp³-hybridized carbons (Fsp3) is 0.167. The SMILES string of the molecule is COc1cccc(CC(=O)Nc2nnc(SCc3ccccc3F)s2)c1. The molecule has 0 atom stereocenters. The Morgan fingerprint density at radius 2 is 2.08 bits per heavy atom. The number of methoxy groups -OCH3 is 1. The third kappa shape index (κ3) is 5.03. The largest absolute Gasteiger partial charge is 0.497 e. The van der Waals surface area contributed by atoms with Crippen LogP contribution in [-0.2, 0) is 17.0 Å². The second-order valence-electron chi connectivity index (χ2n) is 5.33. The minimum atomic E-state index is -0.240. The van der Waals surface area contributed by atoms with E-state index in [2.05, 4.69) is 15.5 Å². The molecule has 1 heterocycles. The van der Waals surface area contributed by atoms with E-state index in [0.717, 1.165) is 5.56 Å². The molecule has 0 radical (unpaired) electrons. The van der Waals surface area contributed by atoms with E-state index in [4.69, 9.17) is 4.74 Å². The number of halogens is 1. The Labute approximate surface area is 158 Å². The highest BCUT2D eigenvalue weighted by molar-refractivity contribution is 8.00. The van der Waals surface area contributed by atoms with E-state index in [9.17, 15) is 9.18 Å². The van der Waals surface area contributed by atoms with Gasteiger partial charge in [0.2, 0.25) is 11.0 Å².